The largest absolute Gasteiger partial charge is 0.478 e. The van der Waals surface area contributed by atoms with Gasteiger partial charge in [0.25, 0.3) is 0 Å². The van der Waals surface area contributed by atoms with Gasteiger partial charge in [0.15, 0.2) is 0 Å². The van der Waals surface area contributed by atoms with Crippen LogP contribution in [0.3, 0.4) is 0 Å². The topological polar surface area (TPSA) is 115 Å². The highest BCUT2D eigenvalue weighted by atomic mass is 16.4. The fourth-order valence-corrected chi connectivity index (χ4v) is 0.577. The fourth-order valence-electron chi connectivity index (χ4n) is 0.577. The summed E-state index contributed by atoms with van der Waals surface area (Å²) in [7, 11) is 0. The van der Waals surface area contributed by atoms with E-state index in [9.17, 15) is 9.59 Å². The van der Waals surface area contributed by atoms with E-state index in [-0.39, 0.29) is 18.8 Å². The molecule has 0 spiro atoms. The molecular formula is C13H24O6. The molecule has 0 aliphatic rings. The Labute approximate surface area is 113 Å². The van der Waals surface area contributed by atoms with Crippen molar-refractivity contribution in [3.63, 3.8) is 0 Å². The number of hydrogen-bond donors (Lipinski definition) is 4. The minimum absolute atomic E-state index is 0.176. The quantitative estimate of drug-likeness (QED) is 0.413. The molecule has 0 heterocycles. The predicted octanol–water partition coefficient (Wildman–Crippen LogP) is 1.44. The molecule has 6 nitrogen and oxygen atoms in total. The molecule has 0 aromatic rings. The van der Waals surface area contributed by atoms with Gasteiger partial charge in [0.05, 0.1) is 0 Å². The van der Waals surface area contributed by atoms with E-state index in [0.29, 0.717) is 0 Å². The molecule has 112 valence electrons. The van der Waals surface area contributed by atoms with Crippen LogP contribution in [0.4, 0.5) is 0 Å². The van der Waals surface area contributed by atoms with E-state index in [1.54, 1.807) is 0 Å². The van der Waals surface area contributed by atoms with Gasteiger partial charge in [-0.15, -0.1) is 0 Å². The summed E-state index contributed by atoms with van der Waals surface area (Å²) in [5.74, 6) is -1.92. The summed E-state index contributed by atoms with van der Waals surface area (Å²) < 4.78 is 0. The highest BCUT2D eigenvalue weighted by Gasteiger charge is 1.90. The molecule has 0 unspecified atom stereocenters. The Morgan fingerprint density at radius 3 is 1.37 bits per heavy atom. The van der Waals surface area contributed by atoms with Gasteiger partial charge in [-0.3, -0.25) is 0 Å². The minimum atomic E-state index is -0.981. The summed E-state index contributed by atoms with van der Waals surface area (Å²) >= 11 is 0. The molecule has 0 saturated heterocycles. The molecule has 0 saturated carbocycles. The zero-order valence-corrected chi connectivity index (χ0v) is 11.3. The lowest BCUT2D eigenvalue weighted by Gasteiger charge is -1.93. The SMILES string of the molecule is C=C(C)C(=O)O.C=CC(=O)O.OCCCCCCO. The summed E-state index contributed by atoms with van der Waals surface area (Å²) in [6.07, 6.45) is 4.66. The maximum Gasteiger partial charge on any atom is 0.330 e. The second kappa shape index (κ2) is 18.7. The second-order valence-corrected chi connectivity index (χ2v) is 3.49. The second-order valence-electron chi connectivity index (χ2n) is 3.49. The van der Waals surface area contributed by atoms with E-state index < -0.39 is 11.9 Å². The third-order valence-corrected chi connectivity index (χ3v) is 1.61. The fraction of sp³-hybridized carbons (Fsp3) is 0.538. The number of aliphatic carboxylic acids is 2. The van der Waals surface area contributed by atoms with Crippen LogP contribution in [0, 0.1) is 0 Å². The molecule has 6 heteroatoms. The average molecular weight is 276 g/mol. The van der Waals surface area contributed by atoms with Crippen LogP contribution < -0.4 is 0 Å². The van der Waals surface area contributed by atoms with Gasteiger partial charge in [-0.2, -0.15) is 0 Å². The lowest BCUT2D eigenvalue weighted by molar-refractivity contribution is -0.133. The number of carboxylic acid groups (broad SMARTS) is 2. The van der Waals surface area contributed by atoms with E-state index in [1.165, 1.54) is 6.92 Å². The van der Waals surface area contributed by atoms with Crippen LogP contribution in [-0.4, -0.2) is 45.6 Å². The van der Waals surface area contributed by atoms with Crippen LogP contribution in [0.25, 0.3) is 0 Å². The number of carboxylic acids is 2. The van der Waals surface area contributed by atoms with Crippen molar-refractivity contribution in [1.29, 1.82) is 0 Å². The van der Waals surface area contributed by atoms with Gasteiger partial charge in [0.1, 0.15) is 0 Å². The smallest absolute Gasteiger partial charge is 0.330 e. The summed E-state index contributed by atoms with van der Waals surface area (Å²) in [6, 6.07) is 0. The number of rotatable bonds is 7. The molecule has 0 aromatic carbocycles. The number of hydrogen-bond acceptors (Lipinski definition) is 4. The summed E-state index contributed by atoms with van der Waals surface area (Å²) in [5.41, 5.74) is 0.176. The first-order chi connectivity index (χ1) is 8.83. The van der Waals surface area contributed by atoms with E-state index in [0.717, 1.165) is 31.8 Å². The van der Waals surface area contributed by atoms with E-state index in [1.807, 2.05) is 0 Å². The molecule has 0 atom stereocenters. The molecule has 0 rings (SSSR count). The lowest BCUT2D eigenvalue weighted by atomic mass is 10.2. The van der Waals surface area contributed by atoms with Gasteiger partial charge < -0.3 is 20.4 Å². The summed E-state index contributed by atoms with van der Waals surface area (Å²) in [5, 5.41) is 32.1. The number of unbranched alkanes of at least 4 members (excludes halogenated alkanes) is 3. The maximum atomic E-state index is 9.60. The van der Waals surface area contributed by atoms with Crippen LogP contribution in [0.1, 0.15) is 32.6 Å². The Morgan fingerprint density at radius 2 is 1.26 bits per heavy atom. The normalized spacial score (nSPS) is 8.16. The van der Waals surface area contributed by atoms with Crippen LogP contribution in [-0.2, 0) is 9.59 Å². The number of carbonyl (C=O) groups is 2. The maximum absolute atomic E-state index is 9.60. The van der Waals surface area contributed by atoms with Crippen molar-refractivity contribution in [2.75, 3.05) is 13.2 Å². The van der Waals surface area contributed by atoms with Crippen LogP contribution in [0.15, 0.2) is 24.8 Å². The Morgan fingerprint density at radius 1 is 1.00 bits per heavy atom. The Bertz CT molecular complexity index is 242. The van der Waals surface area contributed by atoms with E-state index in [2.05, 4.69) is 13.2 Å². The molecule has 0 bridgehead atoms. The van der Waals surface area contributed by atoms with Crippen molar-refractivity contribution in [1.82, 2.24) is 0 Å². The predicted molar refractivity (Wildman–Crippen MR) is 72.9 cm³/mol. The molecule has 0 radical (unpaired) electrons. The van der Waals surface area contributed by atoms with Gasteiger partial charge in [-0.1, -0.05) is 26.0 Å². The third kappa shape index (κ3) is 38.5. The van der Waals surface area contributed by atoms with Crippen LogP contribution in [0.2, 0.25) is 0 Å². The Balaban J connectivity index is -0.000000209. The third-order valence-electron chi connectivity index (χ3n) is 1.61. The summed E-state index contributed by atoms with van der Waals surface area (Å²) in [6.45, 7) is 8.13. The first-order valence-corrected chi connectivity index (χ1v) is 5.79. The molecule has 19 heavy (non-hydrogen) atoms. The van der Waals surface area contributed by atoms with E-state index in [4.69, 9.17) is 20.4 Å². The first-order valence-electron chi connectivity index (χ1n) is 5.79. The first kappa shape index (κ1) is 22.5. The zero-order valence-electron chi connectivity index (χ0n) is 11.3. The molecule has 0 aromatic heterocycles. The Hall–Kier alpha value is -1.66. The lowest BCUT2D eigenvalue weighted by Crippen LogP contribution is -1.92. The number of aliphatic hydroxyl groups is 2. The molecule has 0 aliphatic carbocycles. The highest BCUT2D eigenvalue weighted by Crippen LogP contribution is 1.96. The Kier molecular flexibility index (Phi) is 22.2. The molecule has 0 fully saturated rings. The molecule has 0 amide bonds. The average Bonchev–Trinajstić information content (AvgIpc) is 2.36. The van der Waals surface area contributed by atoms with Crippen molar-refractivity contribution in [2.24, 2.45) is 0 Å². The van der Waals surface area contributed by atoms with Crippen molar-refractivity contribution < 1.29 is 30.0 Å². The molecule has 0 aliphatic heterocycles. The number of aliphatic hydroxyl groups excluding tert-OH is 2. The van der Waals surface area contributed by atoms with Crippen LogP contribution in [0.5, 0.6) is 0 Å². The highest BCUT2D eigenvalue weighted by molar-refractivity contribution is 5.84. The van der Waals surface area contributed by atoms with Gasteiger partial charge in [-0.05, 0) is 19.8 Å². The van der Waals surface area contributed by atoms with Gasteiger partial charge in [-0.25, -0.2) is 9.59 Å². The van der Waals surface area contributed by atoms with Crippen molar-refractivity contribution in [2.45, 2.75) is 32.6 Å². The zero-order chi connectivity index (χ0) is 15.7. The van der Waals surface area contributed by atoms with Gasteiger partial charge in [0.2, 0.25) is 0 Å². The van der Waals surface area contributed by atoms with Gasteiger partial charge in [0, 0.05) is 24.9 Å². The van der Waals surface area contributed by atoms with Crippen molar-refractivity contribution in [3.8, 4) is 0 Å². The standard InChI is InChI=1S/C6H14O2.C4H6O2.C3H4O2/c7-5-3-1-2-4-6-8;1-3(2)4(5)6;1-2-3(4)5/h7-8H,1-6H2;1H2,2H3,(H,5,6);2H,1H2,(H,4,5). The van der Waals surface area contributed by atoms with Crippen molar-refractivity contribution in [3.05, 3.63) is 24.8 Å². The van der Waals surface area contributed by atoms with E-state index >= 15 is 0 Å². The van der Waals surface area contributed by atoms with Gasteiger partial charge >= 0.3 is 11.9 Å². The van der Waals surface area contributed by atoms with Crippen LogP contribution >= 0.6 is 0 Å². The van der Waals surface area contributed by atoms with Crippen molar-refractivity contribution >= 4 is 11.9 Å². The molecular weight excluding hydrogens is 252 g/mol. The molecule has 4 N–H and O–H groups in total. The summed E-state index contributed by atoms with van der Waals surface area (Å²) in [4.78, 5) is 18.8. The monoisotopic (exact) mass is 276 g/mol. The minimum Gasteiger partial charge on any atom is -0.478 e.